The maximum Gasteiger partial charge on any atom is 0.338 e. The Morgan fingerprint density at radius 3 is 2.57 bits per heavy atom. The van der Waals surface area contributed by atoms with Crippen LogP contribution in [0.3, 0.4) is 0 Å². The van der Waals surface area contributed by atoms with E-state index >= 15 is 0 Å². The molecule has 35 heavy (non-hydrogen) atoms. The third kappa shape index (κ3) is 6.41. The van der Waals surface area contributed by atoms with Crippen molar-refractivity contribution in [2.24, 2.45) is 5.16 Å². The number of amides is 1. The summed E-state index contributed by atoms with van der Waals surface area (Å²) in [7, 11) is 0. The molecule has 7 nitrogen and oxygen atoms in total. The van der Waals surface area contributed by atoms with Gasteiger partial charge in [0.1, 0.15) is 5.75 Å². The summed E-state index contributed by atoms with van der Waals surface area (Å²) < 4.78 is 5.58. The monoisotopic (exact) mass is 478 g/mol. The fourth-order valence-corrected chi connectivity index (χ4v) is 4.65. The van der Waals surface area contributed by atoms with Crippen LogP contribution in [-0.2, 0) is 20.8 Å². The highest BCUT2D eigenvalue weighted by Gasteiger charge is 2.31. The smallest absolute Gasteiger partial charge is 0.338 e. The minimum Gasteiger partial charge on any atom is -0.508 e. The summed E-state index contributed by atoms with van der Waals surface area (Å²) in [5, 5.41) is 14.7. The van der Waals surface area contributed by atoms with E-state index in [1.165, 1.54) is 0 Å². The van der Waals surface area contributed by atoms with E-state index in [2.05, 4.69) is 11.2 Å². The Kier molecular flexibility index (Phi) is 8.06. The van der Waals surface area contributed by atoms with Gasteiger partial charge in [-0.25, -0.2) is 4.79 Å². The molecule has 3 aliphatic rings. The molecule has 2 aliphatic heterocycles. The summed E-state index contributed by atoms with van der Waals surface area (Å²) >= 11 is 0. The molecule has 1 saturated carbocycles. The number of aromatic hydroxyl groups is 1. The molecule has 4 rings (SSSR count). The van der Waals surface area contributed by atoms with Crippen LogP contribution in [0, 0.1) is 0 Å². The molecule has 0 spiro atoms. The molecule has 1 aliphatic carbocycles. The molecule has 2 unspecified atom stereocenters. The van der Waals surface area contributed by atoms with Gasteiger partial charge in [-0.3, -0.25) is 4.79 Å². The topological polar surface area (TPSA) is 88.4 Å². The first kappa shape index (κ1) is 24.8. The largest absolute Gasteiger partial charge is 0.508 e. The van der Waals surface area contributed by atoms with E-state index in [4.69, 9.17) is 9.57 Å². The third-order valence-corrected chi connectivity index (χ3v) is 6.53. The number of nitrogens with zero attached hydrogens (tertiary/aromatic N) is 2. The van der Waals surface area contributed by atoms with Gasteiger partial charge in [-0.05, 0) is 81.2 Å². The van der Waals surface area contributed by atoms with Crippen molar-refractivity contribution in [3.63, 3.8) is 0 Å². The molecule has 1 aromatic carbocycles. The van der Waals surface area contributed by atoms with Crippen LogP contribution in [-0.4, -0.2) is 52.9 Å². The Hall–Kier alpha value is -3.35. The number of esters is 1. The number of rotatable bonds is 4. The van der Waals surface area contributed by atoms with Crippen molar-refractivity contribution < 1.29 is 24.3 Å². The van der Waals surface area contributed by atoms with Gasteiger partial charge >= 0.3 is 5.97 Å². The summed E-state index contributed by atoms with van der Waals surface area (Å²) in [5.74, 6) is -0.139. The molecule has 0 radical (unpaired) electrons. The molecule has 1 fully saturated rings. The number of phenolic OH excluding ortho intramolecular Hbond substituents is 1. The van der Waals surface area contributed by atoms with Crippen molar-refractivity contribution in [2.75, 3.05) is 13.2 Å². The molecule has 2 heterocycles. The van der Waals surface area contributed by atoms with Gasteiger partial charge in [-0.1, -0.05) is 35.5 Å². The van der Waals surface area contributed by atoms with E-state index in [0.29, 0.717) is 29.9 Å². The Balaban J connectivity index is 1.59. The first-order valence-electron chi connectivity index (χ1n) is 12.5. The maximum absolute atomic E-state index is 13.1. The zero-order chi connectivity index (χ0) is 24.8. The first-order chi connectivity index (χ1) is 16.9. The predicted molar refractivity (Wildman–Crippen MR) is 134 cm³/mol. The molecule has 0 saturated heterocycles. The molecule has 2 atom stereocenters. The van der Waals surface area contributed by atoms with Crippen LogP contribution in [0.5, 0.6) is 5.75 Å². The van der Waals surface area contributed by atoms with Gasteiger partial charge in [-0.15, -0.1) is 0 Å². The van der Waals surface area contributed by atoms with Gasteiger partial charge in [0.2, 0.25) is 0 Å². The number of carbonyl (C=O) groups excluding carboxylic acids is 2. The van der Waals surface area contributed by atoms with E-state index in [1.54, 1.807) is 17.0 Å². The van der Waals surface area contributed by atoms with Gasteiger partial charge in [0, 0.05) is 18.5 Å². The van der Waals surface area contributed by atoms with E-state index in [1.807, 2.05) is 44.2 Å². The number of oxime groups is 1. The van der Waals surface area contributed by atoms with Crippen molar-refractivity contribution in [2.45, 2.75) is 70.4 Å². The number of benzene rings is 1. The summed E-state index contributed by atoms with van der Waals surface area (Å²) in [5.41, 5.74) is 2.56. The van der Waals surface area contributed by atoms with Gasteiger partial charge < -0.3 is 19.6 Å². The molecular weight excluding hydrogens is 444 g/mol. The summed E-state index contributed by atoms with van der Waals surface area (Å²) in [6.07, 6.45) is 16.6. The number of hydrogen-bond donors (Lipinski definition) is 1. The quantitative estimate of drug-likeness (QED) is 0.381. The van der Waals surface area contributed by atoms with E-state index in [-0.39, 0.29) is 48.7 Å². The number of phenols is 1. The summed E-state index contributed by atoms with van der Waals surface area (Å²) in [6, 6.07) is 3.33. The molecule has 1 aromatic rings. The Morgan fingerprint density at radius 2 is 1.83 bits per heavy atom. The zero-order valence-corrected chi connectivity index (χ0v) is 20.5. The number of allylic oxidation sites excluding steroid dienone is 3. The highest BCUT2D eigenvalue weighted by atomic mass is 16.6. The van der Waals surface area contributed by atoms with Crippen LogP contribution >= 0.6 is 0 Å². The van der Waals surface area contributed by atoms with Crippen molar-refractivity contribution in [3.8, 4) is 5.75 Å². The molecule has 1 N–H and O–H groups in total. The first-order valence-corrected chi connectivity index (χ1v) is 12.5. The molecular formula is C28H34N2O5. The lowest BCUT2D eigenvalue weighted by Gasteiger charge is -2.25. The fourth-order valence-electron chi connectivity index (χ4n) is 4.65. The molecule has 0 bridgehead atoms. The van der Waals surface area contributed by atoms with Crippen LogP contribution in [0.25, 0.3) is 0 Å². The fraction of sp³-hybridized carbons (Fsp3) is 0.464. The van der Waals surface area contributed by atoms with E-state index in [9.17, 15) is 14.7 Å². The van der Waals surface area contributed by atoms with Gasteiger partial charge in [0.25, 0.3) is 5.91 Å². The van der Waals surface area contributed by atoms with Gasteiger partial charge in [0.05, 0.1) is 17.9 Å². The minimum atomic E-state index is -0.378. The predicted octanol–water partition coefficient (Wildman–Crippen LogP) is 4.81. The van der Waals surface area contributed by atoms with Gasteiger partial charge in [-0.2, -0.15) is 0 Å². The normalized spacial score (nSPS) is 26.1. The van der Waals surface area contributed by atoms with Crippen LogP contribution in [0.2, 0.25) is 0 Å². The second-order valence-corrected chi connectivity index (χ2v) is 9.42. The average Bonchev–Trinajstić information content (AvgIpc) is 3.61. The Morgan fingerprint density at radius 1 is 1.11 bits per heavy atom. The number of hydrogen-bond acceptors (Lipinski definition) is 6. The summed E-state index contributed by atoms with van der Waals surface area (Å²) in [6.45, 7) is 4.08. The molecule has 1 amide bonds. The van der Waals surface area contributed by atoms with Crippen molar-refractivity contribution in [1.29, 1.82) is 0 Å². The molecule has 0 aromatic heterocycles. The maximum atomic E-state index is 13.1. The van der Waals surface area contributed by atoms with Crippen molar-refractivity contribution >= 4 is 17.6 Å². The Labute approximate surface area is 206 Å². The van der Waals surface area contributed by atoms with Crippen LogP contribution in [0.1, 0.15) is 73.4 Å². The van der Waals surface area contributed by atoms with E-state index in [0.717, 1.165) is 31.2 Å². The van der Waals surface area contributed by atoms with Crippen molar-refractivity contribution in [1.82, 2.24) is 4.90 Å². The standard InChI is InChI=1S/C28H34N2O5/c1-19-10-11-20(2)30(19)26(32)18-35-29-23-9-7-5-3-4-6-8-14-34-28(33)27-22(15-23)16-24(31)17-25(27)21-12-13-21/h4,6-7,9-11,16-17,19-21,31H,3,5,8,12-15,18H2,1-2H3/b6-4+,9-7+,29-23+. The van der Waals surface area contributed by atoms with Gasteiger partial charge in [0.15, 0.2) is 6.61 Å². The number of ether oxygens (including phenoxy) is 1. The number of carbonyl (C=O) groups is 2. The SMILES string of the molecule is CC1C=CC(C)N1C(=O)CO/N=C1\C=C\CC/C=C/CCOC(=O)c2c(cc(O)cc2C2CC2)C1. The molecule has 7 heteroatoms. The van der Waals surface area contributed by atoms with Crippen molar-refractivity contribution in [3.05, 3.63) is 65.3 Å². The average molecular weight is 479 g/mol. The second kappa shape index (κ2) is 11.4. The second-order valence-electron chi connectivity index (χ2n) is 9.42. The lowest BCUT2D eigenvalue weighted by molar-refractivity contribution is -0.137. The minimum absolute atomic E-state index is 0.0257. The lowest BCUT2D eigenvalue weighted by Crippen LogP contribution is -2.41. The number of cyclic esters (lactones) is 1. The highest BCUT2D eigenvalue weighted by molar-refractivity contribution is 6.00. The summed E-state index contributed by atoms with van der Waals surface area (Å²) in [4.78, 5) is 33.0. The van der Waals surface area contributed by atoms with Crippen LogP contribution in [0.15, 0.2) is 53.7 Å². The third-order valence-electron chi connectivity index (χ3n) is 6.53. The molecule has 186 valence electrons. The van der Waals surface area contributed by atoms with E-state index < -0.39 is 0 Å². The van der Waals surface area contributed by atoms with Crippen LogP contribution < -0.4 is 0 Å². The Bertz CT molecular complexity index is 1060. The van der Waals surface area contributed by atoms with Crippen LogP contribution in [0.4, 0.5) is 0 Å². The lowest BCUT2D eigenvalue weighted by atomic mass is 9.93. The zero-order valence-electron chi connectivity index (χ0n) is 20.5. The highest BCUT2D eigenvalue weighted by Crippen LogP contribution is 2.44. The number of fused-ring (bicyclic) bond motifs is 1.